The van der Waals surface area contributed by atoms with E-state index in [0.717, 1.165) is 32.5 Å². The zero-order valence-corrected chi connectivity index (χ0v) is 12.8. The van der Waals surface area contributed by atoms with E-state index in [4.69, 9.17) is 0 Å². The molecule has 1 amide bonds. The second kappa shape index (κ2) is 6.59. The highest BCUT2D eigenvalue weighted by Gasteiger charge is 2.29. The van der Waals surface area contributed by atoms with Gasteiger partial charge in [0.25, 0.3) is 0 Å². The SMILES string of the molecule is CC1CCCN(C(=O)C2Cc3ccccc3CN2)C1.Cl. The summed E-state index contributed by atoms with van der Waals surface area (Å²) in [4.78, 5) is 14.6. The molecule has 1 fully saturated rings. The Hall–Kier alpha value is -1.06. The fraction of sp³-hybridized carbons (Fsp3) is 0.562. The normalized spacial score (nSPS) is 25.6. The van der Waals surface area contributed by atoms with Gasteiger partial charge in [-0.15, -0.1) is 12.4 Å². The van der Waals surface area contributed by atoms with Crippen LogP contribution in [0.3, 0.4) is 0 Å². The zero-order chi connectivity index (χ0) is 13.2. The number of nitrogens with one attached hydrogen (secondary N) is 1. The second-order valence-corrected chi connectivity index (χ2v) is 5.94. The van der Waals surface area contributed by atoms with Crippen LogP contribution >= 0.6 is 12.4 Å². The second-order valence-electron chi connectivity index (χ2n) is 5.94. The van der Waals surface area contributed by atoms with Crippen LogP contribution in [0.15, 0.2) is 24.3 Å². The molecule has 0 bridgehead atoms. The van der Waals surface area contributed by atoms with Crippen molar-refractivity contribution < 1.29 is 4.79 Å². The molecule has 20 heavy (non-hydrogen) atoms. The molecule has 2 unspecified atom stereocenters. The van der Waals surface area contributed by atoms with Crippen LogP contribution in [0.5, 0.6) is 0 Å². The first-order chi connectivity index (χ1) is 9.24. The van der Waals surface area contributed by atoms with E-state index < -0.39 is 0 Å². The molecule has 0 spiro atoms. The summed E-state index contributed by atoms with van der Waals surface area (Å²) in [6.07, 6.45) is 3.24. The Balaban J connectivity index is 0.00000147. The molecule has 0 aromatic heterocycles. The van der Waals surface area contributed by atoms with Crippen LogP contribution < -0.4 is 5.32 Å². The van der Waals surface area contributed by atoms with Crippen molar-refractivity contribution in [2.45, 2.75) is 38.8 Å². The number of hydrogen-bond donors (Lipinski definition) is 1. The molecule has 2 heterocycles. The van der Waals surface area contributed by atoms with Crippen molar-refractivity contribution in [3.63, 3.8) is 0 Å². The topological polar surface area (TPSA) is 32.3 Å². The Labute approximate surface area is 127 Å². The van der Waals surface area contributed by atoms with Crippen molar-refractivity contribution in [3.05, 3.63) is 35.4 Å². The molecule has 3 nitrogen and oxygen atoms in total. The van der Waals surface area contributed by atoms with E-state index in [1.54, 1.807) is 0 Å². The number of benzene rings is 1. The fourth-order valence-corrected chi connectivity index (χ4v) is 3.24. The van der Waals surface area contributed by atoms with E-state index in [2.05, 4.69) is 41.4 Å². The van der Waals surface area contributed by atoms with Crippen molar-refractivity contribution in [1.29, 1.82) is 0 Å². The van der Waals surface area contributed by atoms with Gasteiger partial charge in [0.2, 0.25) is 5.91 Å². The lowest BCUT2D eigenvalue weighted by Gasteiger charge is -2.35. The van der Waals surface area contributed by atoms with Crippen molar-refractivity contribution in [1.82, 2.24) is 10.2 Å². The number of hydrogen-bond acceptors (Lipinski definition) is 2. The lowest BCUT2D eigenvalue weighted by atomic mass is 9.94. The molecular formula is C16H23ClN2O. The average Bonchev–Trinajstić information content (AvgIpc) is 2.46. The molecule has 4 heteroatoms. The van der Waals surface area contributed by atoms with Crippen molar-refractivity contribution in [2.75, 3.05) is 13.1 Å². The lowest BCUT2D eigenvalue weighted by molar-refractivity contribution is -0.135. The summed E-state index contributed by atoms with van der Waals surface area (Å²) in [7, 11) is 0. The molecule has 1 saturated heterocycles. The van der Waals surface area contributed by atoms with Crippen LogP contribution in [0.25, 0.3) is 0 Å². The van der Waals surface area contributed by atoms with Gasteiger partial charge in [0.15, 0.2) is 0 Å². The number of rotatable bonds is 1. The predicted molar refractivity (Wildman–Crippen MR) is 83.0 cm³/mol. The van der Waals surface area contributed by atoms with Crippen LogP contribution in [-0.4, -0.2) is 29.9 Å². The minimum atomic E-state index is -0.0276. The Morgan fingerprint density at radius 3 is 2.80 bits per heavy atom. The lowest BCUT2D eigenvalue weighted by Crippen LogP contribution is -2.51. The molecule has 2 atom stereocenters. The smallest absolute Gasteiger partial charge is 0.240 e. The molecule has 3 rings (SSSR count). The number of likely N-dealkylation sites (tertiary alicyclic amines) is 1. The number of carbonyl (C=O) groups is 1. The number of nitrogens with zero attached hydrogens (tertiary/aromatic N) is 1. The minimum absolute atomic E-state index is 0. The van der Waals surface area contributed by atoms with E-state index in [1.165, 1.54) is 17.5 Å². The Bertz CT molecular complexity index is 477. The number of amides is 1. The Morgan fingerprint density at radius 2 is 2.05 bits per heavy atom. The summed E-state index contributed by atoms with van der Waals surface area (Å²) in [5.41, 5.74) is 2.66. The van der Waals surface area contributed by atoms with Crippen molar-refractivity contribution >= 4 is 18.3 Å². The van der Waals surface area contributed by atoms with Crippen molar-refractivity contribution in [3.8, 4) is 0 Å². The maximum Gasteiger partial charge on any atom is 0.240 e. The summed E-state index contributed by atoms with van der Waals surface area (Å²) in [5.74, 6) is 0.939. The standard InChI is InChI=1S/C16H22N2O.ClH/c1-12-5-4-8-18(11-12)16(19)15-9-13-6-2-3-7-14(13)10-17-15;/h2-3,6-7,12,15,17H,4-5,8-11H2,1H3;1H. The van der Waals surface area contributed by atoms with E-state index in [1.807, 2.05) is 0 Å². The van der Waals surface area contributed by atoms with Crippen LogP contribution in [0, 0.1) is 5.92 Å². The van der Waals surface area contributed by atoms with E-state index in [9.17, 15) is 4.79 Å². The first-order valence-corrected chi connectivity index (χ1v) is 7.33. The third-order valence-electron chi connectivity index (χ3n) is 4.35. The van der Waals surface area contributed by atoms with Gasteiger partial charge < -0.3 is 10.2 Å². The summed E-state index contributed by atoms with van der Waals surface area (Å²) < 4.78 is 0. The third-order valence-corrected chi connectivity index (χ3v) is 4.35. The molecule has 1 N–H and O–H groups in total. The van der Waals surface area contributed by atoms with Gasteiger partial charge in [-0.05, 0) is 36.3 Å². The molecule has 1 aromatic rings. The fourth-order valence-electron chi connectivity index (χ4n) is 3.24. The van der Waals surface area contributed by atoms with Gasteiger partial charge in [0.1, 0.15) is 0 Å². The molecular weight excluding hydrogens is 272 g/mol. The first kappa shape index (κ1) is 15.3. The monoisotopic (exact) mass is 294 g/mol. The minimum Gasteiger partial charge on any atom is -0.341 e. The summed E-state index contributed by atoms with van der Waals surface area (Å²) in [5, 5.41) is 3.40. The van der Waals surface area contributed by atoms with Crippen LogP contribution in [0.2, 0.25) is 0 Å². The number of halogens is 1. The molecule has 0 radical (unpaired) electrons. The van der Waals surface area contributed by atoms with Crippen LogP contribution in [0.4, 0.5) is 0 Å². The maximum absolute atomic E-state index is 12.6. The number of fused-ring (bicyclic) bond motifs is 1. The van der Waals surface area contributed by atoms with E-state index in [-0.39, 0.29) is 18.4 Å². The highest BCUT2D eigenvalue weighted by atomic mass is 35.5. The molecule has 1 aromatic carbocycles. The Morgan fingerprint density at radius 1 is 1.30 bits per heavy atom. The number of piperidine rings is 1. The van der Waals surface area contributed by atoms with E-state index in [0.29, 0.717) is 11.8 Å². The molecule has 2 aliphatic heterocycles. The largest absolute Gasteiger partial charge is 0.341 e. The quantitative estimate of drug-likeness (QED) is 0.862. The van der Waals surface area contributed by atoms with Gasteiger partial charge in [-0.2, -0.15) is 0 Å². The van der Waals surface area contributed by atoms with Gasteiger partial charge in [-0.25, -0.2) is 0 Å². The van der Waals surface area contributed by atoms with Gasteiger partial charge in [0, 0.05) is 19.6 Å². The van der Waals surface area contributed by atoms with Gasteiger partial charge >= 0.3 is 0 Å². The molecule has 0 saturated carbocycles. The molecule has 0 aliphatic carbocycles. The number of carbonyl (C=O) groups excluding carboxylic acids is 1. The average molecular weight is 295 g/mol. The van der Waals surface area contributed by atoms with Crippen molar-refractivity contribution in [2.24, 2.45) is 5.92 Å². The van der Waals surface area contributed by atoms with Gasteiger partial charge in [-0.1, -0.05) is 31.2 Å². The van der Waals surface area contributed by atoms with Crippen LogP contribution in [0.1, 0.15) is 30.9 Å². The zero-order valence-electron chi connectivity index (χ0n) is 12.0. The van der Waals surface area contributed by atoms with Gasteiger partial charge in [-0.3, -0.25) is 4.79 Å². The maximum atomic E-state index is 12.6. The van der Waals surface area contributed by atoms with Gasteiger partial charge in [0.05, 0.1) is 6.04 Å². The van der Waals surface area contributed by atoms with E-state index >= 15 is 0 Å². The highest BCUT2D eigenvalue weighted by Crippen LogP contribution is 2.20. The summed E-state index contributed by atoms with van der Waals surface area (Å²) in [6.45, 7) is 4.92. The highest BCUT2D eigenvalue weighted by molar-refractivity contribution is 5.85. The molecule has 2 aliphatic rings. The summed E-state index contributed by atoms with van der Waals surface area (Å²) >= 11 is 0. The molecule has 110 valence electrons. The summed E-state index contributed by atoms with van der Waals surface area (Å²) in [6, 6.07) is 8.39. The Kier molecular flexibility index (Phi) is 5.06. The third kappa shape index (κ3) is 3.15. The van der Waals surface area contributed by atoms with Crippen LogP contribution in [-0.2, 0) is 17.8 Å². The first-order valence-electron chi connectivity index (χ1n) is 7.33. The predicted octanol–water partition coefficient (Wildman–Crippen LogP) is 2.38.